The minimum Gasteiger partial charge on any atom is -0.306 e. The molecule has 1 fully saturated rings. The molecule has 1 aliphatic rings. The van der Waals surface area contributed by atoms with Crippen LogP contribution >= 0.6 is 0 Å². The van der Waals surface area contributed by atoms with E-state index in [1.54, 1.807) is 19.2 Å². The molecule has 2 N–H and O–H groups in total. The average molecular weight is 287 g/mol. The van der Waals surface area contributed by atoms with Crippen LogP contribution in [0.2, 0.25) is 0 Å². The van der Waals surface area contributed by atoms with Crippen molar-refractivity contribution >= 4 is 29.1 Å². The number of aromatic nitrogens is 2. The molecule has 3 rings (SSSR count). The monoisotopic (exact) mass is 287 g/mol. The van der Waals surface area contributed by atoms with Gasteiger partial charge in [0.2, 0.25) is 11.8 Å². The van der Waals surface area contributed by atoms with Gasteiger partial charge in [-0.3, -0.25) is 24.3 Å². The van der Waals surface area contributed by atoms with Gasteiger partial charge in [-0.05, 0) is 18.1 Å². The Morgan fingerprint density at radius 1 is 1.29 bits per heavy atom. The summed E-state index contributed by atoms with van der Waals surface area (Å²) >= 11 is 0. The van der Waals surface area contributed by atoms with Gasteiger partial charge in [-0.1, -0.05) is 6.07 Å². The number of nitrogens with one attached hydrogen (secondary N) is 2. The van der Waals surface area contributed by atoms with E-state index < -0.39 is 11.8 Å². The second-order valence-electron chi connectivity index (χ2n) is 5.08. The minimum absolute atomic E-state index is 0.235. The quantitative estimate of drug-likeness (QED) is 0.608. The first-order chi connectivity index (χ1) is 10.0. The standard InChI is InChI=1S/C14H13N3O4/c1-17-12-9(6-18)7(2-4-10(12)15-14(17)21)8-3-5-11(19)16-13(8)20/h2,4,6,8H,3,5H2,1H3,(H,15,21)(H,16,19,20). The third-order valence-electron chi connectivity index (χ3n) is 3.86. The van der Waals surface area contributed by atoms with E-state index in [1.165, 1.54) is 4.57 Å². The van der Waals surface area contributed by atoms with Gasteiger partial charge in [0.1, 0.15) is 0 Å². The second-order valence-corrected chi connectivity index (χ2v) is 5.08. The maximum atomic E-state index is 12.0. The molecule has 2 aromatic rings. The molecule has 1 unspecified atom stereocenters. The fourth-order valence-corrected chi connectivity index (χ4v) is 2.80. The molecular weight excluding hydrogens is 274 g/mol. The Balaban J connectivity index is 2.21. The predicted octanol–water partition coefficient (Wildman–Crippen LogP) is 0.199. The molecule has 7 heteroatoms. The van der Waals surface area contributed by atoms with Gasteiger partial charge in [0, 0.05) is 19.0 Å². The number of amides is 2. The summed E-state index contributed by atoms with van der Waals surface area (Å²) in [6.07, 6.45) is 1.24. The highest BCUT2D eigenvalue weighted by molar-refractivity contribution is 6.04. The summed E-state index contributed by atoms with van der Waals surface area (Å²) in [5.41, 5.74) is 1.53. The van der Waals surface area contributed by atoms with Crippen LogP contribution in [0, 0.1) is 0 Å². The molecule has 108 valence electrons. The lowest BCUT2D eigenvalue weighted by atomic mass is 9.87. The molecule has 0 bridgehead atoms. The number of hydrogen-bond donors (Lipinski definition) is 2. The smallest absolute Gasteiger partial charge is 0.306 e. The molecule has 2 amide bonds. The van der Waals surface area contributed by atoms with Crippen LogP contribution in [0.1, 0.15) is 34.7 Å². The molecule has 1 saturated heterocycles. The third kappa shape index (κ3) is 1.97. The highest BCUT2D eigenvalue weighted by Gasteiger charge is 2.30. The molecule has 1 aliphatic heterocycles. The van der Waals surface area contributed by atoms with E-state index in [1.807, 2.05) is 0 Å². The van der Waals surface area contributed by atoms with Crippen LogP contribution in [0.25, 0.3) is 11.0 Å². The third-order valence-corrected chi connectivity index (χ3v) is 3.86. The number of H-pyrrole nitrogens is 1. The Labute approximate surface area is 118 Å². The Bertz CT molecular complexity index is 831. The van der Waals surface area contributed by atoms with Gasteiger partial charge in [-0.2, -0.15) is 0 Å². The summed E-state index contributed by atoms with van der Waals surface area (Å²) in [5, 5.41) is 2.28. The van der Waals surface area contributed by atoms with Crippen LogP contribution < -0.4 is 11.0 Å². The summed E-state index contributed by atoms with van der Waals surface area (Å²) in [6, 6.07) is 3.32. The molecule has 7 nitrogen and oxygen atoms in total. The number of imide groups is 1. The predicted molar refractivity (Wildman–Crippen MR) is 74.1 cm³/mol. The number of nitrogens with zero attached hydrogens (tertiary/aromatic N) is 1. The van der Waals surface area contributed by atoms with Crippen molar-refractivity contribution in [2.45, 2.75) is 18.8 Å². The van der Waals surface area contributed by atoms with Crippen LogP contribution in [0.15, 0.2) is 16.9 Å². The fourth-order valence-electron chi connectivity index (χ4n) is 2.80. The van der Waals surface area contributed by atoms with E-state index in [9.17, 15) is 19.2 Å². The van der Waals surface area contributed by atoms with Crippen molar-refractivity contribution in [1.82, 2.24) is 14.9 Å². The molecule has 0 aliphatic carbocycles. The van der Waals surface area contributed by atoms with Crippen LogP contribution in [0.3, 0.4) is 0 Å². The Morgan fingerprint density at radius 2 is 2.05 bits per heavy atom. The lowest BCUT2D eigenvalue weighted by Crippen LogP contribution is -2.39. The second kappa shape index (κ2) is 4.69. The first kappa shape index (κ1) is 13.3. The maximum Gasteiger partial charge on any atom is 0.326 e. The zero-order valence-corrected chi connectivity index (χ0v) is 11.3. The van der Waals surface area contributed by atoms with Crippen molar-refractivity contribution in [2.24, 2.45) is 7.05 Å². The molecule has 1 aromatic carbocycles. The lowest BCUT2D eigenvalue weighted by molar-refractivity contribution is -0.134. The first-order valence-electron chi connectivity index (χ1n) is 6.53. The molecule has 1 atom stereocenters. The molecular formula is C14H13N3O4. The van der Waals surface area contributed by atoms with E-state index in [2.05, 4.69) is 10.3 Å². The SMILES string of the molecule is Cn1c(=O)[nH]c2ccc(C3CCC(=O)NC3=O)c(C=O)c21. The van der Waals surface area contributed by atoms with Gasteiger partial charge in [0.05, 0.1) is 17.0 Å². The van der Waals surface area contributed by atoms with E-state index in [-0.39, 0.29) is 18.0 Å². The number of hydrogen-bond acceptors (Lipinski definition) is 4. The van der Waals surface area contributed by atoms with Crippen molar-refractivity contribution in [3.63, 3.8) is 0 Å². The molecule has 21 heavy (non-hydrogen) atoms. The average Bonchev–Trinajstić information content (AvgIpc) is 2.74. The topological polar surface area (TPSA) is 101 Å². The van der Waals surface area contributed by atoms with Gasteiger partial charge in [0.25, 0.3) is 0 Å². The van der Waals surface area contributed by atoms with Crippen molar-refractivity contribution in [3.05, 3.63) is 33.7 Å². The number of piperidine rings is 1. The molecule has 2 heterocycles. The minimum atomic E-state index is -0.558. The van der Waals surface area contributed by atoms with E-state index >= 15 is 0 Å². The van der Waals surface area contributed by atoms with Gasteiger partial charge >= 0.3 is 5.69 Å². The van der Waals surface area contributed by atoms with Crippen LogP contribution in [-0.2, 0) is 16.6 Å². The number of rotatable bonds is 2. The van der Waals surface area contributed by atoms with Crippen molar-refractivity contribution in [1.29, 1.82) is 0 Å². The largest absolute Gasteiger partial charge is 0.326 e. The van der Waals surface area contributed by atoms with Crippen LogP contribution in [-0.4, -0.2) is 27.7 Å². The van der Waals surface area contributed by atoms with E-state index in [4.69, 9.17) is 0 Å². The van der Waals surface area contributed by atoms with Crippen molar-refractivity contribution < 1.29 is 14.4 Å². The number of carbonyl (C=O) groups is 3. The number of fused-ring (bicyclic) bond motifs is 1. The Hall–Kier alpha value is -2.70. The molecule has 0 saturated carbocycles. The van der Waals surface area contributed by atoms with Gasteiger partial charge in [-0.25, -0.2) is 4.79 Å². The van der Waals surface area contributed by atoms with Gasteiger partial charge in [-0.15, -0.1) is 0 Å². The number of aromatic amines is 1. The van der Waals surface area contributed by atoms with Gasteiger partial charge < -0.3 is 4.98 Å². The summed E-state index contributed by atoms with van der Waals surface area (Å²) in [5.74, 6) is -1.27. The number of aldehydes is 1. The van der Waals surface area contributed by atoms with Crippen LogP contribution in [0.4, 0.5) is 0 Å². The van der Waals surface area contributed by atoms with Gasteiger partial charge in [0.15, 0.2) is 6.29 Å². The highest BCUT2D eigenvalue weighted by atomic mass is 16.2. The summed E-state index contributed by atoms with van der Waals surface area (Å²) < 4.78 is 1.34. The normalized spacial score (nSPS) is 18.8. The van der Waals surface area contributed by atoms with E-state index in [0.29, 0.717) is 34.9 Å². The van der Waals surface area contributed by atoms with Crippen molar-refractivity contribution in [3.8, 4) is 0 Å². The summed E-state index contributed by atoms with van der Waals surface area (Å²) in [6.45, 7) is 0. The molecule has 0 spiro atoms. The zero-order valence-electron chi connectivity index (χ0n) is 11.3. The summed E-state index contributed by atoms with van der Waals surface area (Å²) in [4.78, 5) is 49.0. The number of imidazole rings is 1. The number of carbonyl (C=O) groups excluding carboxylic acids is 3. The number of benzene rings is 1. The lowest BCUT2D eigenvalue weighted by Gasteiger charge is -2.22. The summed E-state index contributed by atoms with van der Waals surface area (Å²) in [7, 11) is 1.56. The van der Waals surface area contributed by atoms with E-state index in [0.717, 1.165) is 0 Å². The highest BCUT2D eigenvalue weighted by Crippen LogP contribution is 2.30. The molecule has 0 radical (unpaired) electrons. The first-order valence-corrected chi connectivity index (χ1v) is 6.53. The Morgan fingerprint density at radius 3 is 2.71 bits per heavy atom. The molecule has 1 aromatic heterocycles. The Kier molecular flexibility index (Phi) is 2.97. The number of aryl methyl sites for hydroxylation is 1. The fraction of sp³-hybridized carbons (Fsp3) is 0.286. The zero-order chi connectivity index (χ0) is 15.1. The van der Waals surface area contributed by atoms with Crippen LogP contribution in [0.5, 0.6) is 0 Å². The maximum absolute atomic E-state index is 12.0. The van der Waals surface area contributed by atoms with Crippen molar-refractivity contribution in [2.75, 3.05) is 0 Å².